The van der Waals surface area contributed by atoms with Crippen molar-refractivity contribution in [1.82, 2.24) is 9.97 Å². The number of thiophene rings is 1. The molecule has 25 heavy (non-hydrogen) atoms. The van der Waals surface area contributed by atoms with Crippen LogP contribution in [0.1, 0.15) is 21.6 Å². The topological polar surface area (TPSA) is 89.2 Å². The number of aromatic nitrogens is 2. The van der Waals surface area contributed by atoms with Gasteiger partial charge in [-0.3, -0.25) is 14.5 Å². The van der Waals surface area contributed by atoms with Crippen LogP contribution in [0.2, 0.25) is 0 Å². The second-order valence-electron chi connectivity index (χ2n) is 5.78. The van der Waals surface area contributed by atoms with Crippen molar-refractivity contribution in [3.8, 4) is 10.7 Å². The van der Waals surface area contributed by atoms with Gasteiger partial charge >= 0.3 is 0 Å². The molecule has 0 saturated heterocycles. The van der Waals surface area contributed by atoms with E-state index in [1.54, 1.807) is 0 Å². The number of aryl methyl sites for hydroxylation is 1. The van der Waals surface area contributed by atoms with Gasteiger partial charge in [0.1, 0.15) is 11.5 Å². The number of benzene rings is 1. The Kier molecular flexibility index (Phi) is 3.58. The van der Waals surface area contributed by atoms with E-state index in [4.69, 9.17) is 5.73 Å². The molecule has 124 valence electrons. The van der Waals surface area contributed by atoms with Crippen LogP contribution in [-0.2, 0) is 11.2 Å². The van der Waals surface area contributed by atoms with Gasteiger partial charge in [0.25, 0.3) is 5.91 Å². The molecule has 7 heteroatoms. The Labute approximate surface area is 148 Å². The quantitative estimate of drug-likeness (QED) is 0.786. The monoisotopic (exact) mass is 350 g/mol. The third kappa shape index (κ3) is 2.58. The van der Waals surface area contributed by atoms with Gasteiger partial charge in [0.15, 0.2) is 5.82 Å². The number of nitrogens with two attached hydrogens (primary N) is 1. The normalized spacial score (nSPS) is 13.2. The molecule has 0 radical (unpaired) electrons. The highest BCUT2D eigenvalue weighted by molar-refractivity contribution is 7.13. The number of hydrogen-bond donors (Lipinski definition) is 1. The highest BCUT2D eigenvalue weighted by Gasteiger charge is 2.35. The Morgan fingerprint density at radius 1 is 1.20 bits per heavy atom. The second kappa shape index (κ2) is 5.78. The Morgan fingerprint density at radius 3 is 2.60 bits per heavy atom. The standard InChI is InChI=1S/C18H14N4O2S/c1-10-4-6-11(7-5-10)22-14(23)9-12-15(16(19)24)20-17(21-18(12)22)13-3-2-8-25-13/h2-8H,9H2,1H3,(H2,19,24). The molecule has 2 N–H and O–H groups in total. The van der Waals surface area contributed by atoms with Crippen LogP contribution in [0.4, 0.5) is 11.5 Å². The van der Waals surface area contributed by atoms with Crippen LogP contribution in [0.15, 0.2) is 41.8 Å². The first-order chi connectivity index (χ1) is 12.0. The van der Waals surface area contributed by atoms with E-state index in [1.807, 2.05) is 48.7 Å². The van der Waals surface area contributed by atoms with Crippen molar-refractivity contribution in [2.45, 2.75) is 13.3 Å². The highest BCUT2D eigenvalue weighted by atomic mass is 32.1. The number of hydrogen-bond acceptors (Lipinski definition) is 5. The number of anilines is 2. The van der Waals surface area contributed by atoms with Gasteiger partial charge in [0.2, 0.25) is 5.91 Å². The number of carbonyl (C=O) groups excluding carboxylic acids is 2. The largest absolute Gasteiger partial charge is 0.364 e. The fourth-order valence-electron chi connectivity index (χ4n) is 2.85. The van der Waals surface area contributed by atoms with E-state index in [9.17, 15) is 9.59 Å². The van der Waals surface area contributed by atoms with E-state index in [0.29, 0.717) is 22.9 Å². The average Bonchev–Trinajstić information content (AvgIpc) is 3.22. The van der Waals surface area contributed by atoms with E-state index in [1.165, 1.54) is 16.2 Å². The molecular weight excluding hydrogens is 336 g/mol. The number of rotatable bonds is 3. The first kappa shape index (κ1) is 15.5. The van der Waals surface area contributed by atoms with Crippen LogP contribution in [-0.4, -0.2) is 21.8 Å². The zero-order chi connectivity index (χ0) is 17.6. The molecule has 1 aliphatic rings. The van der Waals surface area contributed by atoms with Crippen LogP contribution in [0.5, 0.6) is 0 Å². The summed E-state index contributed by atoms with van der Waals surface area (Å²) in [5.74, 6) is 0.0180. The van der Waals surface area contributed by atoms with Gasteiger partial charge in [0.05, 0.1) is 17.0 Å². The first-order valence-electron chi connectivity index (χ1n) is 7.69. The summed E-state index contributed by atoms with van der Waals surface area (Å²) >= 11 is 1.46. The number of carbonyl (C=O) groups is 2. The van der Waals surface area contributed by atoms with Gasteiger partial charge in [-0.05, 0) is 30.5 Å². The van der Waals surface area contributed by atoms with E-state index in [-0.39, 0.29) is 18.0 Å². The average molecular weight is 350 g/mol. The molecule has 0 saturated carbocycles. The van der Waals surface area contributed by atoms with Crippen LogP contribution in [0, 0.1) is 6.92 Å². The zero-order valence-corrected chi connectivity index (χ0v) is 14.2. The minimum Gasteiger partial charge on any atom is -0.364 e. The van der Waals surface area contributed by atoms with E-state index in [0.717, 1.165) is 10.4 Å². The van der Waals surface area contributed by atoms with Crippen LogP contribution in [0.3, 0.4) is 0 Å². The minimum absolute atomic E-state index is 0.0617. The predicted octanol–water partition coefficient (Wildman–Crippen LogP) is 2.83. The zero-order valence-electron chi connectivity index (χ0n) is 13.4. The third-order valence-corrected chi connectivity index (χ3v) is 4.91. The maximum Gasteiger partial charge on any atom is 0.267 e. The van der Waals surface area contributed by atoms with Crippen molar-refractivity contribution in [2.75, 3.05) is 4.90 Å². The summed E-state index contributed by atoms with van der Waals surface area (Å²) in [5.41, 5.74) is 7.90. The second-order valence-corrected chi connectivity index (χ2v) is 6.73. The molecule has 2 amide bonds. The molecule has 0 spiro atoms. The van der Waals surface area contributed by atoms with Crippen LogP contribution in [0.25, 0.3) is 10.7 Å². The molecule has 2 aromatic heterocycles. The molecule has 1 aromatic carbocycles. The highest BCUT2D eigenvalue weighted by Crippen LogP contribution is 2.37. The third-order valence-electron chi connectivity index (χ3n) is 4.04. The Balaban J connectivity index is 1.92. The number of fused-ring (bicyclic) bond motifs is 1. The van der Waals surface area contributed by atoms with Gasteiger partial charge in [-0.15, -0.1) is 11.3 Å². The maximum absolute atomic E-state index is 12.6. The Bertz CT molecular complexity index is 981. The van der Waals surface area contributed by atoms with Crippen molar-refractivity contribution in [1.29, 1.82) is 0 Å². The lowest BCUT2D eigenvalue weighted by molar-refractivity contribution is -0.116. The fraction of sp³-hybridized carbons (Fsp3) is 0.111. The van der Waals surface area contributed by atoms with Crippen molar-refractivity contribution in [3.63, 3.8) is 0 Å². The fourth-order valence-corrected chi connectivity index (χ4v) is 3.51. The molecule has 4 rings (SSSR count). The molecular formula is C18H14N4O2S. The Morgan fingerprint density at radius 2 is 1.96 bits per heavy atom. The Hall–Kier alpha value is -3.06. The number of nitrogens with zero attached hydrogens (tertiary/aromatic N) is 3. The van der Waals surface area contributed by atoms with Gasteiger partial charge in [0, 0.05) is 5.56 Å². The molecule has 0 atom stereocenters. The van der Waals surface area contributed by atoms with Crippen molar-refractivity contribution < 1.29 is 9.59 Å². The summed E-state index contributed by atoms with van der Waals surface area (Å²) in [4.78, 5) is 35.7. The summed E-state index contributed by atoms with van der Waals surface area (Å²) in [7, 11) is 0. The molecule has 6 nitrogen and oxygen atoms in total. The number of amides is 2. The molecule has 0 bridgehead atoms. The maximum atomic E-state index is 12.6. The molecule has 0 fully saturated rings. The SMILES string of the molecule is Cc1ccc(N2C(=O)Cc3c(C(N)=O)nc(-c4cccs4)nc32)cc1. The lowest BCUT2D eigenvalue weighted by atomic mass is 10.1. The summed E-state index contributed by atoms with van der Waals surface area (Å²) in [6.07, 6.45) is 0.0617. The molecule has 3 heterocycles. The summed E-state index contributed by atoms with van der Waals surface area (Å²) in [5, 5.41) is 1.90. The molecule has 0 unspecified atom stereocenters. The van der Waals surface area contributed by atoms with Gasteiger partial charge in [-0.25, -0.2) is 9.97 Å². The van der Waals surface area contributed by atoms with Crippen LogP contribution < -0.4 is 10.6 Å². The summed E-state index contributed by atoms with van der Waals surface area (Å²) in [6, 6.07) is 11.3. The van der Waals surface area contributed by atoms with Crippen molar-refractivity contribution in [3.05, 3.63) is 58.6 Å². The summed E-state index contributed by atoms with van der Waals surface area (Å²) in [6.45, 7) is 1.98. The van der Waals surface area contributed by atoms with E-state index in [2.05, 4.69) is 9.97 Å². The minimum atomic E-state index is -0.657. The van der Waals surface area contributed by atoms with Crippen molar-refractivity contribution >= 4 is 34.7 Å². The van der Waals surface area contributed by atoms with Gasteiger partial charge in [-0.2, -0.15) is 0 Å². The summed E-state index contributed by atoms with van der Waals surface area (Å²) < 4.78 is 0. The van der Waals surface area contributed by atoms with Crippen molar-refractivity contribution in [2.24, 2.45) is 5.73 Å². The molecule has 0 aliphatic carbocycles. The first-order valence-corrected chi connectivity index (χ1v) is 8.57. The number of primary amides is 1. The van der Waals surface area contributed by atoms with Crippen LogP contribution >= 0.6 is 11.3 Å². The smallest absolute Gasteiger partial charge is 0.267 e. The predicted molar refractivity (Wildman–Crippen MR) is 95.9 cm³/mol. The lowest BCUT2D eigenvalue weighted by Crippen LogP contribution is -2.21. The molecule has 3 aromatic rings. The molecule has 1 aliphatic heterocycles. The van der Waals surface area contributed by atoms with Gasteiger partial charge < -0.3 is 5.73 Å². The lowest BCUT2D eigenvalue weighted by Gasteiger charge is -2.17. The van der Waals surface area contributed by atoms with E-state index >= 15 is 0 Å². The van der Waals surface area contributed by atoms with E-state index < -0.39 is 5.91 Å². The van der Waals surface area contributed by atoms with Gasteiger partial charge in [-0.1, -0.05) is 23.8 Å².